The Morgan fingerprint density at radius 3 is 2.45 bits per heavy atom. The zero-order valence-electron chi connectivity index (χ0n) is 30.9. The minimum absolute atomic E-state index is 0.00327. The van der Waals surface area contributed by atoms with Crippen LogP contribution in [0.25, 0.3) is 22.6 Å². The summed E-state index contributed by atoms with van der Waals surface area (Å²) in [5.74, 6) is -4.53. The van der Waals surface area contributed by atoms with Crippen LogP contribution in [-0.4, -0.2) is 78.9 Å². The lowest BCUT2D eigenvalue weighted by Gasteiger charge is -2.59. The largest absolute Gasteiger partial charge is 0.401 e. The summed E-state index contributed by atoms with van der Waals surface area (Å²) in [4.78, 5) is 51.7. The molecule has 3 aromatic heterocycles. The van der Waals surface area contributed by atoms with Crippen LogP contribution in [0.2, 0.25) is 0 Å². The van der Waals surface area contributed by atoms with Crippen molar-refractivity contribution in [2.75, 3.05) is 24.5 Å². The first kappa shape index (κ1) is 38.7. The van der Waals surface area contributed by atoms with Gasteiger partial charge in [-0.3, -0.25) is 29.8 Å². The van der Waals surface area contributed by atoms with Crippen LogP contribution in [0, 0.1) is 22.9 Å². The van der Waals surface area contributed by atoms with Crippen molar-refractivity contribution >= 4 is 23.5 Å². The molecule has 2 aromatic carbocycles. The second-order valence-corrected chi connectivity index (χ2v) is 15.4. The van der Waals surface area contributed by atoms with E-state index in [0.29, 0.717) is 24.9 Å². The van der Waals surface area contributed by atoms with E-state index >= 15 is 13.2 Å². The van der Waals surface area contributed by atoms with Crippen molar-refractivity contribution in [1.29, 1.82) is 0 Å². The highest BCUT2D eigenvalue weighted by Gasteiger charge is 2.53. The van der Waals surface area contributed by atoms with E-state index in [9.17, 15) is 27.6 Å². The molecule has 0 atom stereocenters. The summed E-state index contributed by atoms with van der Waals surface area (Å²) in [6, 6.07) is 8.26. The number of alkyl halides is 3. The summed E-state index contributed by atoms with van der Waals surface area (Å²) < 4.78 is 90.6. The van der Waals surface area contributed by atoms with E-state index in [1.165, 1.54) is 36.7 Å². The van der Waals surface area contributed by atoms with E-state index in [4.69, 9.17) is 4.52 Å². The maximum Gasteiger partial charge on any atom is 0.401 e. The number of H-pyrrole nitrogens is 1. The van der Waals surface area contributed by atoms with Gasteiger partial charge in [0, 0.05) is 62.2 Å². The van der Waals surface area contributed by atoms with Crippen LogP contribution in [0.3, 0.4) is 0 Å². The normalized spacial score (nSPS) is 17.3. The third-order valence-corrected chi connectivity index (χ3v) is 10.9. The fourth-order valence-corrected chi connectivity index (χ4v) is 7.62. The molecule has 5 aromatic rings. The van der Waals surface area contributed by atoms with Gasteiger partial charge in [0.2, 0.25) is 11.7 Å². The highest BCUT2D eigenvalue weighted by atomic mass is 19.4. The van der Waals surface area contributed by atoms with E-state index in [1.807, 2.05) is 0 Å². The number of likely N-dealkylation sites (tertiary alicyclic amines) is 1. The van der Waals surface area contributed by atoms with E-state index < -0.39 is 52.7 Å². The van der Waals surface area contributed by atoms with Crippen LogP contribution >= 0.6 is 0 Å². The number of aromatic amines is 1. The first-order valence-corrected chi connectivity index (χ1v) is 18.2. The van der Waals surface area contributed by atoms with Gasteiger partial charge in [-0.05, 0) is 61.3 Å². The maximum absolute atomic E-state index is 15.3. The molecule has 3 fully saturated rings. The molecular formula is C38H34F6N10O4. The zero-order valence-corrected chi connectivity index (χ0v) is 30.9. The lowest BCUT2D eigenvalue weighted by atomic mass is 9.56. The second-order valence-electron chi connectivity index (χ2n) is 15.4. The van der Waals surface area contributed by atoms with Crippen molar-refractivity contribution < 1.29 is 45.2 Å². The van der Waals surface area contributed by atoms with Gasteiger partial charge in [-0.15, -0.1) is 0 Å². The Bertz CT molecular complexity index is 2420. The van der Waals surface area contributed by atoms with E-state index in [1.54, 1.807) is 12.1 Å². The number of carbonyl (C=O) groups is 3. The Labute approximate surface area is 325 Å². The molecule has 58 heavy (non-hydrogen) atoms. The van der Waals surface area contributed by atoms with Crippen molar-refractivity contribution in [2.45, 2.75) is 63.7 Å². The standard InChI is InChI=1S/C38H34F6N10O4/c1-36(2,38(42,43)44)34-48-28(50-51-34)15-47-33(56)27-10-25(52-58-27)32-45-13-21(14-46-32)22-4-3-19(9-24(22)39)16-53-17-37(18-53)11-20(12-37)23-5-6-26(31(41)30(23)40)54-8-7-29(55)49-35(54)57/h3-6,9-10,13-14,20H,7-8,11-12,15-18H2,1-2H3,(H,47,56)(H,48,50,51)(H,49,55,57). The Hall–Kier alpha value is -6.18. The first-order valence-electron chi connectivity index (χ1n) is 18.2. The fraction of sp³-hybridized carbons (Fsp3) is 0.368. The molecule has 2 saturated heterocycles. The molecule has 20 heteroatoms. The molecule has 302 valence electrons. The number of nitrogens with zero attached hydrogens (tertiary/aromatic N) is 7. The van der Waals surface area contributed by atoms with E-state index in [2.05, 4.69) is 45.8 Å². The number of carbonyl (C=O) groups excluding carboxylic acids is 3. The van der Waals surface area contributed by atoms with Crippen LogP contribution in [-0.2, 0) is 23.3 Å². The number of amides is 4. The van der Waals surface area contributed by atoms with Crippen molar-refractivity contribution in [3.63, 3.8) is 0 Å². The van der Waals surface area contributed by atoms with Crippen molar-refractivity contribution in [3.8, 4) is 22.6 Å². The summed E-state index contributed by atoms with van der Waals surface area (Å²) in [7, 11) is 0. The lowest BCUT2D eigenvalue weighted by Crippen LogP contribution is -2.61. The number of benzene rings is 2. The lowest BCUT2D eigenvalue weighted by molar-refractivity contribution is -0.182. The zero-order chi connectivity index (χ0) is 41.1. The smallest absolute Gasteiger partial charge is 0.350 e. The molecule has 0 radical (unpaired) electrons. The molecule has 1 aliphatic carbocycles. The summed E-state index contributed by atoms with van der Waals surface area (Å²) >= 11 is 0. The van der Waals surface area contributed by atoms with Crippen molar-refractivity contribution in [1.82, 2.24) is 45.8 Å². The summed E-state index contributed by atoms with van der Waals surface area (Å²) in [6.45, 7) is 3.54. The molecule has 0 bridgehead atoms. The minimum atomic E-state index is -4.58. The molecule has 2 aliphatic heterocycles. The summed E-state index contributed by atoms with van der Waals surface area (Å²) in [5, 5.41) is 14.4. The Morgan fingerprint density at radius 1 is 1.02 bits per heavy atom. The number of nitrogens with one attached hydrogen (secondary N) is 3. The number of urea groups is 1. The number of anilines is 1. The van der Waals surface area contributed by atoms with Gasteiger partial charge in [0.25, 0.3) is 5.91 Å². The Kier molecular flexibility index (Phi) is 9.56. The van der Waals surface area contributed by atoms with Gasteiger partial charge in [-0.25, -0.2) is 32.9 Å². The molecule has 3 aliphatic rings. The van der Waals surface area contributed by atoms with Crippen LogP contribution in [0.1, 0.15) is 72.4 Å². The predicted molar refractivity (Wildman–Crippen MR) is 191 cm³/mol. The topological polar surface area (TPSA) is 175 Å². The van der Waals surface area contributed by atoms with Gasteiger partial charge >= 0.3 is 12.2 Å². The van der Waals surface area contributed by atoms with Crippen LogP contribution in [0.15, 0.2) is 53.3 Å². The second kappa shape index (κ2) is 14.3. The SMILES string of the molecule is CC(C)(c1n[nH]c(CNC(=O)c2cc(-c3ncc(-c4ccc(CN5CC6(CC(c7ccc(N8CCC(=O)NC8=O)c(F)c7F)C6)C5)cc4F)cn3)no2)n1)C(F)(F)F. The quantitative estimate of drug-likeness (QED) is 0.144. The minimum Gasteiger partial charge on any atom is -0.350 e. The van der Waals surface area contributed by atoms with Crippen LogP contribution < -0.4 is 15.5 Å². The molecule has 1 saturated carbocycles. The van der Waals surface area contributed by atoms with Crippen LogP contribution in [0.4, 0.5) is 36.8 Å². The summed E-state index contributed by atoms with van der Waals surface area (Å²) in [5.41, 5.74) is -0.750. The van der Waals surface area contributed by atoms with Gasteiger partial charge in [-0.1, -0.05) is 23.4 Å². The highest BCUT2D eigenvalue weighted by Crippen LogP contribution is 2.57. The molecule has 4 amide bonds. The number of rotatable bonds is 10. The first-order chi connectivity index (χ1) is 27.5. The van der Waals surface area contributed by atoms with Crippen molar-refractivity contribution in [2.24, 2.45) is 5.41 Å². The molecule has 1 spiro atoms. The molecule has 8 rings (SSSR count). The monoisotopic (exact) mass is 808 g/mol. The third kappa shape index (κ3) is 7.16. The number of imide groups is 1. The average Bonchev–Trinajstić information content (AvgIpc) is 3.84. The molecule has 3 N–H and O–H groups in total. The van der Waals surface area contributed by atoms with Gasteiger partial charge in [0.15, 0.2) is 29.0 Å². The number of halogens is 6. The van der Waals surface area contributed by atoms with Gasteiger partial charge in [-0.2, -0.15) is 18.3 Å². The maximum atomic E-state index is 15.3. The van der Waals surface area contributed by atoms with Crippen LogP contribution in [0.5, 0.6) is 0 Å². The fourth-order valence-electron chi connectivity index (χ4n) is 7.62. The Balaban J connectivity index is 0.822. The molecule has 0 unspecified atom stereocenters. The molecular weight excluding hydrogens is 774 g/mol. The molecule has 14 nitrogen and oxygen atoms in total. The highest BCUT2D eigenvalue weighted by molar-refractivity contribution is 6.05. The number of aromatic nitrogens is 6. The summed E-state index contributed by atoms with van der Waals surface area (Å²) in [6.07, 6.45) is -0.436. The predicted octanol–water partition coefficient (Wildman–Crippen LogP) is 5.93. The number of hydrogen-bond acceptors (Lipinski definition) is 10. The van der Waals surface area contributed by atoms with Gasteiger partial charge in [0.05, 0.1) is 12.2 Å². The van der Waals surface area contributed by atoms with Gasteiger partial charge in [0.1, 0.15) is 17.1 Å². The van der Waals surface area contributed by atoms with Gasteiger partial charge < -0.3 is 9.84 Å². The average molecular weight is 809 g/mol. The Morgan fingerprint density at radius 2 is 1.76 bits per heavy atom. The molecule has 5 heterocycles. The van der Waals surface area contributed by atoms with E-state index in [-0.39, 0.29) is 70.8 Å². The van der Waals surface area contributed by atoms with E-state index in [0.717, 1.165) is 37.4 Å². The number of hydrogen-bond donors (Lipinski definition) is 3. The third-order valence-electron chi connectivity index (χ3n) is 10.9. The van der Waals surface area contributed by atoms with Crippen molar-refractivity contribution in [3.05, 3.63) is 94.8 Å².